The van der Waals surface area contributed by atoms with Crippen molar-refractivity contribution in [1.82, 2.24) is 4.98 Å². The van der Waals surface area contributed by atoms with Crippen molar-refractivity contribution in [3.8, 4) is 11.5 Å². The van der Waals surface area contributed by atoms with Crippen LogP contribution in [0.2, 0.25) is 0 Å². The molecule has 2 aliphatic heterocycles. The number of benzene rings is 2. The molecule has 1 unspecified atom stereocenters. The van der Waals surface area contributed by atoms with Gasteiger partial charge in [0.1, 0.15) is 13.2 Å². The van der Waals surface area contributed by atoms with Gasteiger partial charge in [0.05, 0.1) is 28.6 Å². The molecule has 3 heterocycles. The number of hydrogen-bond donors (Lipinski definition) is 0. The number of fused-ring (bicyclic) bond motifs is 2. The maximum atomic E-state index is 13.2. The third kappa shape index (κ3) is 4.26. The van der Waals surface area contributed by atoms with Crippen molar-refractivity contribution in [2.75, 3.05) is 37.0 Å². The van der Waals surface area contributed by atoms with Gasteiger partial charge in [0.2, 0.25) is 5.91 Å². The van der Waals surface area contributed by atoms with E-state index in [1.165, 1.54) is 11.8 Å². The molecule has 6 nitrogen and oxygen atoms in total. The Morgan fingerprint density at radius 1 is 1.13 bits per heavy atom. The molecule has 2 aliphatic rings. The summed E-state index contributed by atoms with van der Waals surface area (Å²) in [6.07, 6.45) is 2.09. The summed E-state index contributed by atoms with van der Waals surface area (Å²) in [5.74, 6) is 1.85. The maximum Gasteiger partial charge on any atom is 0.239 e. The molecule has 2 aromatic carbocycles. The van der Waals surface area contributed by atoms with Crippen molar-refractivity contribution in [2.45, 2.75) is 23.8 Å². The highest BCUT2D eigenvalue weighted by molar-refractivity contribution is 8.00. The predicted molar refractivity (Wildman–Crippen MR) is 119 cm³/mol. The summed E-state index contributed by atoms with van der Waals surface area (Å²) in [5, 5.41) is 0.736. The second kappa shape index (κ2) is 8.83. The molecule has 1 fully saturated rings. The van der Waals surface area contributed by atoms with Crippen molar-refractivity contribution < 1.29 is 19.0 Å². The number of thioether (sulfide) groups is 1. The first-order valence-corrected chi connectivity index (χ1v) is 11.9. The van der Waals surface area contributed by atoms with Crippen LogP contribution in [0.15, 0.2) is 47.4 Å². The molecule has 0 saturated carbocycles. The molecule has 1 saturated heterocycles. The summed E-state index contributed by atoms with van der Waals surface area (Å²) in [6.45, 7) is 2.42. The molecule has 1 aromatic heterocycles. The van der Waals surface area contributed by atoms with Crippen LogP contribution in [-0.4, -0.2) is 49.1 Å². The van der Waals surface area contributed by atoms with E-state index in [2.05, 4.69) is 0 Å². The van der Waals surface area contributed by atoms with Crippen LogP contribution in [0.25, 0.3) is 10.2 Å². The van der Waals surface area contributed by atoms with Crippen LogP contribution in [0.4, 0.5) is 5.13 Å². The lowest BCUT2D eigenvalue weighted by Crippen LogP contribution is -2.38. The Morgan fingerprint density at radius 3 is 2.83 bits per heavy atom. The minimum atomic E-state index is 0.0319. The highest BCUT2D eigenvalue weighted by Crippen LogP contribution is 2.35. The minimum Gasteiger partial charge on any atom is -0.486 e. The van der Waals surface area contributed by atoms with Gasteiger partial charge in [-0.2, -0.15) is 0 Å². The van der Waals surface area contributed by atoms with Crippen molar-refractivity contribution in [3.63, 3.8) is 0 Å². The average Bonchev–Trinajstić information content (AvgIpc) is 3.45. The van der Waals surface area contributed by atoms with E-state index in [1.54, 1.807) is 16.2 Å². The number of aromatic nitrogens is 1. The van der Waals surface area contributed by atoms with Crippen molar-refractivity contribution in [2.24, 2.45) is 0 Å². The fraction of sp³-hybridized carbons (Fsp3) is 0.364. The molecule has 0 spiro atoms. The molecule has 1 amide bonds. The van der Waals surface area contributed by atoms with Gasteiger partial charge in [-0.15, -0.1) is 11.8 Å². The lowest BCUT2D eigenvalue weighted by molar-refractivity contribution is -0.116. The van der Waals surface area contributed by atoms with Gasteiger partial charge in [-0.25, -0.2) is 4.98 Å². The van der Waals surface area contributed by atoms with Crippen LogP contribution < -0.4 is 14.4 Å². The smallest absolute Gasteiger partial charge is 0.239 e. The van der Waals surface area contributed by atoms with E-state index in [4.69, 9.17) is 19.2 Å². The SMILES string of the molecule is O=C(CSc1ccc2c(c1)OCCO2)N(CC1CCCO1)c1nc2ccccc2s1. The van der Waals surface area contributed by atoms with E-state index in [-0.39, 0.29) is 12.0 Å². The predicted octanol–water partition coefficient (Wildman–Crippen LogP) is 4.37. The zero-order valence-electron chi connectivity index (χ0n) is 16.4. The van der Waals surface area contributed by atoms with E-state index in [0.29, 0.717) is 25.5 Å². The summed E-state index contributed by atoms with van der Waals surface area (Å²) >= 11 is 3.05. The van der Waals surface area contributed by atoms with Crippen LogP contribution >= 0.6 is 23.1 Å². The van der Waals surface area contributed by atoms with E-state index >= 15 is 0 Å². The number of amides is 1. The van der Waals surface area contributed by atoms with E-state index < -0.39 is 0 Å². The Bertz CT molecular complexity index is 1020. The largest absolute Gasteiger partial charge is 0.486 e. The van der Waals surface area contributed by atoms with Crippen molar-refractivity contribution in [3.05, 3.63) is 42.5 Å². The molecular formula is C22H22N2O4S2. The van der Waals surface area contributed by atoms with Gasteiger partial charge in [-0.3, -0.25) is 9.69 Å². The summed E-state index contributed by atoms with van der Waals surface area (Å²) in [4.78, 5) is 20.7. The molecule has 30 heavy (non-hydrogen) atoms. The van der Waals surface area contributed by atoms with Crippen molar-refractivity contribution in [1.29, 1.82) is 0 Å². The molecule has 0 aliphatic carbocycles. The molecule has 1 atom stereocenters. The van der Waals surface area contributed by atoms with Crippen LogP contribution in [0, 0.1) is 0 Å². The van der Waals surface area contributed by atoms with Gasteiger partial charge in [-0.1, -0.05) is 23.5 Å². The maximum absolute atomic E-state index is 13.2. The molecule has 0 radical (unpaired) electrons. The van der Waals surface area contributed by atoms with Gasteiger partial charge in [-0.05, 0) is 43.2 Å². The Kier molecular flexibility index (Phi) is 5.79. The number of carbonyl (C=O) groups is 1. The molecule has 156 valence electrons. The molecule has 0 bridgehead atoms. The Morgan fingerprint density at radius 2 is 2.00 bits per heavy atom. The third-order valence-corrected chi connectivity index (χ3v) is 7.14. The molecule has 0 N–H and O–H groups in total. The monoisotopic (exact) mass is 442 g/mol. The first kappa shape index (κ1) is 19.7. The second-order valence-electron chi connectivity index (χ2n) is 7.20. The Balaban J connectivity index is 1.33. The highest BCUT2D eigenvalue weighted by atomic mass is 32.2. The first-order valence-electron chi connectivity index (χ1n) is 10.1. The quantitative estimate of drug-likeness (QED) is 0.528. The number of ether oxygens (including phenoxy) is 3. The summed E-state index contributed by atoms with van der Waals surface area (Å²) in [7, 11) is 0. The minimum absolute atomic E-state index is 0.0319. The zero-order chi connectivity index (χ0) is 20.3. The molecule has 5 rings (SSSR count). The molecule has 8 heteroatoms. The van der Waals surface area contributed by atoms with Gasteiger partial charge in [0.25, 0.3) is 0 Å². The third-order valence-electron chi connectivity index (χ3n) is 5.10. The number of carbonyl (C=O) groups excluding carboxylic acids is 1. The van der Waals surface area contributed by atoms with Gasteiger partial charge < -0.3 is 14.2 Å². The van der Waals surface area contributed by atoms with E-state index in [9.17, 15) is 4.79 Å². The lowest BCUT2D eigenvalue weighted by atomic mass is 10.2. The number of nitrogens with zero attached hydrogens (tertiary/aromatic N) is 2. The summed E-state index contributed by atoms with van der Waals surface area (Å²) < 4.78 is 18.1. The Hall–Kier alpha value is -2.29. The van der Waals surface area contributed by atoms with E-state index in [1.807, 2.05) is 42.5 Å². The fourth-order valence-electron chi connectivity index (χ4n) is 3.59. The van der Waals surface area contributed by atoms with Crippen LogP contribution in [-0.2, 0) is 9.53 Å². The standard InChI is InChI=1S/C22H22N2O4S2/c25-21(14-29-16-7-8-18-19(12-16)28-11-10-27-18)24(13-15-4-3-9-26-15)22-23-17-5-1-2-6-20(17)30-22/h1-2,5-8,12,15H,3-4,9-11,13-14H2. The van der Waals surface area contributed by atoms with Crippen LogP contribution in [0.3, 0.4) is 0 Å². The zero-order valence-corrected chi connectivity index (χ0v) is 18.0. The van der Waals surface area contributed by atoms with Crippen LogP contribution in [0.5, 0.6) is 11.5 Å². The van der Waals surface area contributed by atoms with Crippen molar-refractivity contribution >= 4 is 44.4 Å². The fourth-order valence-corrected chi connectivity index (χ4v) is 5.38. The summed E-state index contributed by atoms with van der Waals surface area (Å²) in [6, 6.07) is 13.8. The highest BCUT2D eigenvalue weighted by Gasteiger charge is 2.26. The average molecular weight is 443 g/mol. The Labute approximate surface area is 183 Å². The molecular weight excluding hydrogens is 420 g/mol. The topological polar surface area (TPSA) is 60.9 Å². The van der Waals surface area contributed by atoms with E-state index in [0.717, 1.165) is 51.2 Å². The number of rotatable bonds is 6. The second-order valence-corrected chi connectivity index (χ2v) is 9.26. The lowest BCUT2D eigenvalue weighted by Gasteiger charge is -2.23. The van der Waals surface area contributed by atoms with Crippen LogP contribution in [0.1, 0.15) is 12.8 Å². The first-order chi connectivity index (χ1) is 14.8. The number of hydrogen-bond acceptors (Lipinski definition) is 7. The normalized spacial score (nSPS) is 17.9. The molecule has 3 aromatic rings. The summed E-state index contributed by atoms with van der Waals surface area (Å²) in [5.41, 5.74) is 0.919. The number of para-hydroxylation sites is 1. The number of anilines is 1. The number of thiazole rings is 1. The van der Waals surface area contributed by atoms with Gasteiger partial charge >= 0.3 is 0 Å². The van der Waals surface area contributed by atoms with Gasteiger partial charge in [0.15, 0.2) is 16.6 Å². The van der Waals surface area contributed by atoms with Gasteiger partial charge in [0, 0.05) is 11.5 Å².